The van der Waals surface area contributed by atoms with Gasteiger partial charge in [-0.25, -0.2) is 8.78 Å². The first-order valence-electron chi connectivity index (χ1n) is 5.78. The molecule has 0 aliphatic rings. The fourth-order valence-corrected chi connectivity index (χ4v) is 2.02. The number of hydrogen-bond donors (Lipinski definition) is 1. The van der Waals surface area contributed by atoms with Gasteiger partial charge in [0.15, 0.2) is 11.6 Å². The zero-order valence-electron chi connectivity index (χ0n) is 9.84. The van der Waals surface area contributed by atoms with E-state index >= 15 is 0 Å². The van der Waals surface area contributed by atoms with Crippen LogP contribution in [0.3, 0.4) is 0 Å². The third-order valence-electron chi connectivity index (χ3n) is 3.14. The Morgan fingerprint density at radius 3 is 2.38 bits per heavy atom. The topological polar surface area (TPSA) is 26.0 Å². The van der Waals surface area contributed by atoms with Crippen LogP contribution in [-0.2, 0) is 6.42 Å². The van der Waals surface area contributed by atoms with E-state index < -0.39 is 11.6 Å². The van der Waals surface area contributed by atoms with Gasteiger partial charge in [-0.3, -0.25) is 0 Å². The molecule has 0 radical (unpaired) electrons. The Balaban J connectivity index is 2.76. The van der Waals surface area contributed by atoms with Crippen molar-refractivity contribution in [2.45, 2.75) is 39.2 Å². The third-order valence-corrected chi connectivity index (χ3v) is 3.14. The van der Waals surface area contributed by atoms with Crippen LogP contribution < -0.4 is 5.73 Å². The predicted octanol–water partition coefficient (Wildman–Crippen LogP) is 3.27. The van der Waals surface area contributed by atoms with Gasteiger partial charge < -0.3 is 5.73 Å². The second-order valence-electron chi connectivity index (χ2n) is 4.16. The standard InChI is InChI=1S/C13H19F2N/c1-3-9(4-2)12(16)8-10-6-5-7-11(14)13(10)15/h5-7,9,12H,3-4,8,16H2,1-2H3. The number of benzene rings is 1. The van der Waals surface area contributed by atoms with E-state index in [4.69, 9.17) is 5.73 Å². The van der Waals surface area contributed by atoms with Crippen LogP contribution in [0.2, 0.25) is 0 Å². The zero-order valence-corrected chi connectivity index (χ0v) is 9.84. The molecule has 1 aromatic rings. The maximum Gasteiger partial charge on any atom is 0.162 e. The van der Waals surface area contributed by atoms with Crippen molar-refractivity contribution >= 4 is 0 Å². The Morgan fingerprint density at radius 1 is 1.19 bits per heavy atom. The van der Waals surface area contributed by atoms with Gasteiger partial charge in [0.05, 0.1) is 0 Å². The summed E-state index contributed by atoms with van der Waals surface area (Å²) >= 11 is 0. The summed E-state index contributed by atoms with van der Waals surface area (Å²) in [4.78, 5) is 0. The van der Waals surface area contributed by atoms with E-state index in [1.807, 2.05) is 0 Å². The SMILES string of the molecule is CCC(CC)C(N)Cc1cccc(F)c1F. The molecule has 0 spiro atoms. The lowest BCUT2D eigenvalue weighted by atomic mass is 9.90. The fourth-order valence-electron chi connectivity index (χ4n) is 2.02. The van der Waals surface area contributed by atoms with Crippen molar-refractivity contribution in [1.29, 1.82) is 0 Å². The Bertz CT molecular complexity index is 335. The minimum Gasteiger partial charge on any atom is -0.327 e. The first-order valence-corrected chi connectivity index (χ1v) is 5.78. The van der Waals surface area contributed by atoms with Gasteiger partial charge in [-0.15, -0.1) is 0 Å². The Labute approximate surface area is 95.7 Å². The summed E-state index contributed by atoms with van der Waals surface area (Å²) in [7, 11) is 0. The highest BCUT2D eigenvalue weighted by atomic mass is 19.2. The van der Waals surface area contributed by atoms with Gasteiger partial charge in [0.25, 0.3) is 0 Å². The highest BCUT2D eigenvalue weighted by Crippen LogP contribution is 2.18. The van der Waals surface area contributed by atoms with Crippen molar-refractivity contribution in [1.82, 2.24) is 0 Å². The second-order valence-corrected chi connectivity index (χ2v) is 4.16. The lowest BCUT2D eigenvalue weighted by Gasteiger charge is -2.21. The van der Waals surface area contributed by atoms with E-state index in [0.29, 0.717) is 17.9 Å². The van der Waals surface area contributed by atoms with Crippen LogP contribution in [0.4, 0.5) is 8.78 Å². The molecule has 0 amide bonds. The number of rotatable bonds is 5. The van der Waals surface area contributed by atoms with Crippen molar-refractivity contribution in [3.05, 3.63) is 35.4 Å². The molecule has 1 aromatic carbocycles. The molecular weight excluding hydrogens is 208 g/mol. The van der Waals surface area contributed by atoms with Gasteiger partial charge >= 0.3 is 0 Å². The molecule has 1 unspecified atom stereocenters. The zero-order chi connectivity index (χ0) is 12.1. The van der Waals surface area contributed by atoms with Crippen LogP contribution in [0.25, 0.3) is 0 Å². The normalized spacial score (nSPS) is 13.1. The van der Waals surface area contributed by atoms with E-state index in [1.54, 1.807) is 6.07 Å². The number of hydrogen-bond acceptors (Lipinski definition) is 1. The summed E-state index contributed by atoms with van der Waals surface area (Å²) < 4.78 is 26.4. The van der Waals surface area contributed by atoms with Gasteiger partial charge in [-0.05, 0) is 24.0 Å². The van der Waals surface area contributed by atoms with Gasteiger partial charge in [0.1, 0.15) is 0 Å². The smallest absolute Gasteiger partial charge is 0.162 e. The average Bonchev–Trinajstić information content (AvgIpc) is 2.26. The van der Waals surface area contributed by atoms with Crippen LogP contribution >= 0.6 is 0 Å². The van der Waals surface area contributed by atoms with Crippen LogP contribution in [0.15, 0.2) is 18.2 Å². The maximum atomic E-state index is 13.4. The minimum atomic E-state index is -0.797. The first-order chi connectivity index (χ1) is 7.60. The lowest BCUT2D eigenvalue weighted by Crippen LogP contribution is -2.32. The monoisotopic (exact) mass is 227 g/mol. The molecule has 0 aliphatic carbocycles. The third kappa shape index (κ3) is 3.01. The van der Waals surface area contributed by atoms with Crippen LogP contribution in [0.1, 0.15) is 32.3 Å². The summed E-state index contributed by atoms with van der Waals surface area (Å²) in [6, 6.07) is 4.14. The quantitative estimate of drug-likeness (QED) is 0.820. The minimum absolute atomic E-state index is 0.105. The molecule has 1 nitrogen and oxygen atoms in total. The van der Waals surface area contributed by atoms with Crippen molar-refractivity contribution in [3.8, 4) is 0 Å². The summed E-state index contributed by atoms with van der Waals surface area (Å²) in [6.45, 7) is 4.13. The first kappa shape index (κ1) is 13.1. The summed E-state index contributed by atoms with van der Waals surface area (Å²) in [5.74, 6) is -1.19. The molecule has 0 aromatic heterocycles. The molecule has 1 atom stereocenters. The van der Waals surface area contributed by atoms with Gasteiger partial charge in [0, 0.05) is 6.04 Å². The van der Waals surface area contributed by atoms with Crippen molar-refractivity contribution in [3.63, 3.8) is 0 Å². The van der Waals surface area contributed by atoms with Crippen molar-refractivity contribution < 1.29 is 8.78 Å². The molecule has 0 fully saturated rings. The highest BCUT2D eigenvalue weighted by Gasteiger charge is 2.17. The van der Waals surface area contributed by atoms with Crippen molar-refractivity contribution in [2.75, 3.05) is 0 Å². The van der Waals surface area contributed by atoms with E-state index in [-0.39, 0.29) is 6.04 Å². The summed E-state index contributed by atoms with van der Waals surface area (Å²) in [5, 5.41) is 0. The molecule has 0 aliphatic heterocycles. The Kier molecular flexibility index (Phi) is 4.87. The molecular formula is C13H19F2N. The Morgan fingerprint density at radius 2 is 1.81 bits per heavy atom. The number of halogens is 2. The second kappa shape index (κ2) is 5.94. The molecule has 0 saturated heterocycles. The molecule has 3 heteroatoms. The maximum absolute atomic E-state index is 13.4. The van der Waals surface area contributed by atoms with Crippen molar-refractivity contribution in [2.24, 2.45) is 11.7 Å². The van der Waals surface area contributed by atoms with Crippen LogP contribution in [-0.4, -0.2) is 6.04 Å². The largest absolute Gasteiger partial charge is 0.327 e. The lowest BCUT2D eigenvalue weighted by molar-refractivity contribution is 0.387. The van der Waals surface area contributed by atoms with Gasteiger partial charge in [-0.2, -0.15) is 0 Å². The predicted molar refractivity (Wildman–Crippen MR) is 62.1 cm³/mol. The van der Waals surface area contributed by atoms with Gasteiger partial charge in [0.2, 0.25) is 0 Å². The Hall–Kier alpha value is -0.960. The number of nitrogens with two attached hydrogens (primary N) is 1. The molecule has 0 saturated carbocycles. The van der Waals surface area contributed by atoms with Crippen LogP contribution in [0.5, 0.6) is 0 Å². The van der Waals surface area contributed by atoms with Gasteiger partial charge in [-0.1, -0.05) is 38.8 Å². The highest BCUT2D eigenvalue weighted by molar-refractivity contribution is 5.20. The van der Waals surface area contributed by atoms with E-state index in [9.17, 15) is 8.78 Å². The average molecular weight is 227 g/mol. The van der Waals surface area contributed by atoms with E-state index in [0.717, 1.165) is 18.9 Å². The van der Waals surface area contributed by atoms with E-state index in [2.05, 4.69) is 13.8 Å². The summed E-state index contributed by atoms with van der Waals surface area (Å²) in [5.41, 5.74) is 6.38. The summed E-state index contributed by atoms with van der Waals surface area (Å²) in [6.07, 6.45) is 2.33. The van der Waals surface area contributed by atoms with Crippen LogP contribution in [0, 0.1) is 17.6 Å². The molecule has 0 bridgehead atoms. The van der Waals surface area contributed by atoms with E-state index in [1.165, 1.54) is 6.07 Å². The molecule has 0 heterocycles. The molecule has 16 heavy (non-hydrogen) atoms. The molecule has 1 rings (SSSR count). The fraction of sp³-hybridized carbons (Fsp3) is 0.538. The molecule has 2 N–H and O–H groups in total. The molecule has 90 valence electrons.